The third kappa shape index (κ3) is 2.73. The quantitative estimate of drug-likeness (QED) is 0.588. The van der Waals surface area contributed by atoms with Crippen LogP contribution in [0.5, 0.6) is 0 Å². The van der Waals surface area contributed by atoms with Crippen LogP contribution in [0.25, 0.3) is 0 Å². The summed E-state index contributed by atoms with van der Waals surface area (Å²) in [7, 11) is -3.47. The highest BCUT2D eigenvalue weighted by Gasteiger charge is 2.49. The lowest BCUT2D eigenvalue weighted by Crippen LogP contribution is -2.14. The van der Waals surface area contributed by atoms with Gasteiger partial charge in [0.1, 0.15) is 5.76 Å². The highest BCUT2D eigenvalue weighted by atomic mass is 79.9. The number of hydrogen-bond donors (Lipinski definition) is 0. The first-order chi connectivity index (χ1) is 10.2. The summed E-state index contributed by atoms with van der Waals surface area (Å²) in [5.41, 5.74) is 0.606. The maximum absolute atomic E-state index is 12.9. The van der Waals surface area contributed by atoms with Gasteiger partial charge in [0, 0.05) is 17.2 Å². The van der Waals surface area contributed by atoms with Crippen LogP contribution in [0.1, 0.15) is 30.1 Å². The van der Waals surface area contributed by atoms with Gasteiger partial charge in [-0.15, -0.1) is 0 Å². The van der Waals surface area contributed by atoms with Crippen LogP contribution in [0.2, 0.25) is 0 Å². The maximum atomic E-state index is 12.9. The largest absolute Gasteiger partial charge is 0.398 e. The topological polar surface area (TPSA) is 63.7 Å². The molecule has 1 aromatic carbocycles. The van der Waals surface area contributed by atoms with Crippen LogP contribution in [0.4, 0.5) is 0 Å². The van der Waals surface area contributed by atoms with Gasteiger partial charge in [0.2, 0.25) is 0 Å². The minimum Gasteiger partial charge on any atom is -0.398 e. The number of sulfone groups is 1. The number of nitrogens with zero attached hydrogens (tertiary/aromatic N) is 1. The summed E-state index contributed by atoms with van der Waals surface area (Å²) < 4.78 is 25.3. The number of benzene rings is 1. The van der Waals surface area contributed by atoms with Gasteiger partial charge in [0.15, 0.2) is 15.6 Å². The second-order valence-electron chi connectivity index (χ2n) is 6.03. The molecule has 0 aromatic heterocycles. The second kappa shape index (κ2) is 5.18. The summed E-state index contributed by atoms with van der Waals surface area (Å²) in [6.45, 7) is 2.34. The SMILES string of the molecule is CC1(C2=C(C(=O)c3ccccc3S(C)(=O)=O)CN(Br)O2)CC1. The molecule has 1 heterocycles. The molecule has 0 N–H and O–H groups in total. The van der Waals surface area contributed by atoms with E-state index in [9.17, 15) is 13.2 Å². The highest BCUT2D eigenvalue weighted by Crippen LogP contribution is 2.55. The maximum Gasteiger partial charge on any atom is 0.195 e. The van der Waals surface area contributed by atoms with Crippen LogP contribution in [-0.2, 0) is 14.7 Å². The zero-order chi connectivity index (χ0) is 16.1. The van der Waals surface area contributed by atoms with E-state index >= 15 is 0 Å². The summed E-state index contributed by atoms with van der Waals surface area (Å²) in [6, 6.07) is 6.30. The molecule has 5 nitrogen and oxygen atoms in total. The fourth-order valence-electron chi connectivity index (χ4n) is 2.59. The number of carbonyl (C=O) groups is 1. The van der Waals surface area contributed by atoms with Crippen molar-refractivity contribution in [1.82, 2.24) is 4.09 Å². The minimum absolute atomic E-state index is 0.0563. The number of Topliss-reactive ketones (excluding diaryl/α,β-unsaturated/α-hetero) is 1. The van der Waals surface area contributed by atoms with Gasteiger partial charge in [-0.3, -0.25) is 4.79 Å². The Morgan fingerprint density at radius 2 is 1.95 bits per heavy atom. The molecule has 0 atom stereocenters. The zero-order valence-corrected chi connectivity index (χ0v) is 14.7. The van der Waals surface area contributed by atoms with Crippen molar-refractivity contribution in [3.63, 3.8) is 0 Å². The van der Waals surface area contributed by atoms with E-state index in [1.165, 1.54) is 10.2 Å². The first-order valence-electron chi connectivity index (χ1n) is 6.91. The van der Waals surface area contributed by atoms with Crippen LogP contribution < -0.4 is 0 Å². The zero-order valence-electron chi connectivity index (χ0n) is 12.3. The molecule has 22 heavy (non-hydrogen) atoms. The van der Waals surface area contributed by atoms with Crippen LogP contribution in [-0.4, -0.2) is 31.1 Å². The summed E-state index contributed by atoms with van der Waals surface area (Å²) in [6.07, 6.45) is 3.04. The van der Waals surface area contributed by atoms with Crippen molar-refractivity contribution in [2.45, 2.75) is 24.7 Å². The molecule has 0 radical (unpaired) electrons. The van der Waals surface area contributed by atoms with Gasteiger partial charge in [-0.2, -0.15) is 0 Å². The summed E-state index contributed by atoms with van der Waals surface area (Å²) in [5.74, 6) is 0.365. The van der Waals surface area contributed by atoms with Gasteiger partial charge in [-0.05, 0) is 25.0 Å². The normalized spacial score (nSPS) is 20.9. The van der Waals surface area contributed by atoms with E-state index in [4.69, 9.17) is 4.84 Å². The molecule has 0 unspecified atom stereocenters. The molecule has 0 bridgehead atoms. The fraction of sp³-hybridized carbons (Fsp3) is 0.400. The van der Waals surface area contributed by atoms with Gasteiger partial charge >= 0.3 is 0 Å². The molecule has 0 spiro atoms. The molecule has 1 fully saturated rings. The molecule has 1 saturated carbocycles. The number of rotatable bonds is 4. The molecule has 0 saturated heterocycles. The van der Waals surface area contributed by atoms with Gasteiger partial charge in [-0.1, -0.05) is 23.1 Å². The fourth-order valence-corrected chi connectivity index (χ4v) is 3.87. The van der Waals surface area contributed by atoms with Crippen molar-refractivity contribution in [3.05, 3.63) is 41.2 Å². The first-order valence-corrected chi connectivity index (χ1v) is 9.51. The summed E-state index contributed by atoms with van der Waals surface area (Å²) >= 11 is 3.24. The number of ketones is 1. The van der Waals surface area contributed by atoms with E-state index in [0.717, 1.165) is 19.1 Å². The molecule has 0 amide bonds. The van der Waals surface area contributed by atoms with Crippen LogP contribution in [0.3, 0.4) is 0 Å². The Bertz CT molecular complexity index is 780. The third-order valence-electron chi connectivity index (χ3n) is 4.10. The lowest BCUT2D eigenvalue weighted by atomic mass is 9.96. The second-order valence-corrected chi connectivity index (χ2v) is 8.81. The molecular weight excluding hydrogens is 370 g/mol. The van der Waals surface area contributed by atoms with Crippen molar-refractivity contribution < 1.29 is 18.0 Å². The van der Waals surface area contributed by atoms with Gasteiger partial charge in [-0.25, -0.2) is 8.42 Å². The molecule has 3 rings (SSSR count). The Balaban J connectivity index is 2.09. The smallest absolute Gasteiger partial charge is 0.195 e. The van der Waals surface area contributed by atoms with E-state index in [2.05, 4.69) is 16.1 Å². The number of carbonyl (C=O) groups excluding carboxylic acids is 1. The standard InChI is InChI=1S/C15H16BrNO4S/c1-15(7-8-15)14-11(9-17(16)21-14)13(18)10-5-3-4-6-12(10)22(2,19)20/h3-6H,7-9H2,1-2H3. The average Bonchev–Trinajstić information content (AvgIpc) is 3.07. The Morgan fingerprint density at radius 1 is 1.32 bits per heavy atom. The number of allylic oxidation sites excluding steroid dienone is 1. The third-order valence-corrected chi connectivity index (χ3v) is 5.65. The van der Waals surface area contributed by atoms with E-state index in [0.29, 0.717) is 17.9 Å². The van der Waals surface area contributed by atoms with Crippen LogP contribution in [0, 0.1) is 5.41 Å². The molecule has 1 aliphatic carbocycles. The number of hydrogen-bond acceptors (Lipinski definition) is 5. The monoisotopic (exact) mass is 385 g/mol. The van der Waals surface area contributed by atoms with E-state index in [1.807, 2.05) is 6.92 Å². The van der Waals surface area contributed by atoms with Crippen LogP contribution in [0.15, 0.2) is 40.5 Å². The predicted molar refractivity (Wildman–Crippen MR) is 85.0 cm³/mol. The number of hydroxylamine groups is 1. The Hall–Kier alpha value is -1.18. The lowest BCUT2D eigenvalue weighted by Gasteiger charge is -2.13. The molecule has 7 heteroatoms. The van der Waals surface area contributed by atoms with Crippen molar-refractivity contribution in [2.24, 2.45) is 5.41 Å². The highest BCUT2D eigenvalue weighted by molar-refractivity contribution is 9.07. The van der Waals surface area contributed by atoms with Gasteiger partial charge in [0.25, 0.3) is 0 Å². The molecule has 2 aliphatic rings. The van der Waals surface area contributed by atoms with Crippen molar-refractivity contribution in [2.75, 3.05) is 12.8 Å². The van der Waals surface area contributed by atoms with E-state index in [-0.39, 0.29) is 21.7 Å². The van der Waals surface area contributed by atoms with Crippen molar-refractivity contribution in [1.29, 1.82) is 0 Å². The van der Waals surface area contributed by atoms with Gasteiger partial charge < -0.3 is 4.84 Å². The summed E-state index contributed by atoms with van der Waals surface area (Å²) in [4.78, 5) is 18.6. The Morgan fingerprint density at radius 3 is 2.55 bits per heavy atom. The molecule has 118 valence electrons. The first kappa shape index (κ1) is 15.7. The Labute approximate surface area is 138 Å². The van der Waals surface area contributed by atoms with E-state index in [1.54, 1.807) is 18.2 Å². The van der Waals surface area contributed by atoms with Crippen LogP contribution >= 0.6 is 16.1 Å². The molecule has 1 aliphatic heterocycles. The van der Waals surface area contributed by atoms with E-state index < -0.39 is 9.84 Å². The average molecular weight is 386 g/mol. The lowest BCUT2D eigenvalue weighted by molar-refractivity contribution is -0.000346. The minimum atomic E-state index is -3.47. The molecular formula is C15H16BrNO4S. The number of halogens is 1. The molecule has 1 aromatic rings. The van der Waals surface area contributed by atoms with Crippen molar-refractivity contribution in [3.8, 4) is 0 Å². The summed E-state index contributed by atoms with van der Waals surface area (Å²) in [5, 5.41) is 0. The Kier molecular flexibility index (Phi) is 3.70. The van der Waals surface area contributed by atoms with Gasteiger partial charge in [0.05, 0.1) is 33.2 Å². The van der Waals surface area contributed by atoms with Crippen molar-refractivity contribution >= 4 is 31.8 Å². The predicted octanol–water partition coefficient (Wildman–Crippen LogP) is 2.88.